The number of benzene rings is 2. The zero-order chi connectivity index (χ0) is 14.7. The fourth-order valence-electron chi connectivity index (χ4n) is 2.14. The molecule has 1 aliphatic heterocycles. The molecule has 1 aliphatic rings. The second-order valence-electron chi connectivity index (χ2n) is 4.74. The molecule has 2 aromatic rings. The summed E-state index contributed by atoms with van der Waals surface area (Å²) in [6.45, 7) is 0. The molecule has 0 spiro atoms. The Morgan fingerprint density at radius 1 is 1.05 bits per heavy atom. The van der Waals surface area contributed by atoms with Crippen LogP contribution in [0.2, 0.25) is 0 Å². The topological polar surface area (TPSA) is 55.8 Å². The van der Waals surface area contributed by atoms with Crippen LogP contribution in [0, 0.1) is 0 Å². The molecule has 2 aromatic carbocycles. The molecule has 0 aliphatic carbocycles. The van der Waals surface area contributed by atoms with E-state index in [9.17, 15) is 4.79 Å². The van der Waals surface area contributed by atoms with Gasteiger partial charge in [0.2, 0.25) is 6.29 Å². The molecule has 1 N–H and O–H groups in total. The Hall–Kier alpha value is -2.75. The number of hydrogen-bond acceptors (Lipinski definition) is 3. The van der Waals surface area contributed by atoms with Crippen molar-refractivity contribution in [2.45, 2.75) is 12.7 Å². The van der Waals surface area contributed by atoms with Gasteiger partial charge in [0.15, 0.2) is 5.76 Å². The van der Waals surface area contributed by atoms with Crippen LogP contribution in [0.25, 0.3) is 5.76 Å². The van der Waals surface area contributed by atoms with E-state index in [4.69, 9.17) is 14.6 Å². The lowest BCUT2D eigenvalue weighted by molar-refractivity contribution is -0.0136. The number of carboxylic acid groups (broad SMARTS) is 1. The molecule has 0 fully saturated rings. The van der Waals surface area contributed by atoms with Crippen LogP contribution in [0.15, 0.2) is 60.9 Å². The van der Waals surface area contributed by atoms with Crippen molar-refractivity contribution in [2.75, 3.05) is 0 Å². The maximum Gasteiger partial charge on any atom is 0.335 e. The molecule has 0 bridgehead atoms. The van der Waals surface area contributed by atoms with Gasteiger partial charge in [0, 0.05) is 12.0 Å². The summed E-state index contributed by atoms with van der Waals surface area (Å²) in [4.78, 5) is 10.8. The molecule has 0 amide bonds. The van der Waals surface area contributed by atoms with Gasteiger partial charge in [0.05, 0.1) is 5.56 Å². The van der Waals surface area contributed by atoms with Crippen molar-refractivity contribution in [3.8, 4) is 0 Å². The molecule has 1 atom stereocenters. The van der Waals surface area contributed by atoms with Crippen molar-refractivity contribution < 1.29 is 19.4 Å². The molecule has 4 nitrogen and oxygen atoms in total. The first-order valence-electron chi connectivity index (χ1n) is 6.62. The molecule has 1 unspecified atom stereocenters. The number of hydrogen-bond donors (Lipinski definition) is 1. The third kappa shape index (κ3) is 3.05. The number of carboxylic acids is 1. The molecular formula is C17H14O4. The van der Waals surface area contributed by atoms with Crippen LogP contribution in [-0.2, 0) is 15.9 Å². The predicted octanol–water partition coefficient (Wildman–Crippen LogP) is 3.30. The highest BCUT2D eigenvalue weighted by Gasteiger charge is 2.21. The van der Waals surface area contributed by atoms with E-state index in [2.05, 4.69) is 0 Å². The van der Waals surface area contributed by atoms with E-state index in [0.29, 0.717) is 12.2 Å². The van der Waals surface area contributed by atoms with Gasteiger partial charge in [-0.2, -0.15) is 0 Å². The number of rotatable bonds is 4. The Morgan fingerprint density at radius 3 is 2.43 bits per heavy atom. The molecule has 0 saturated carbocycles. The maximum atomic E-state index is 10.8. The van der Waals surface area contributed by atoms with E-state index in [0.717, 1.165) is 11.1 Å². The summed E-state index contributed by atoms with van der Waals surface area (Å²) in [5.41, 5.74) is 2.19. The second kappa shape index (κ2) is 5.71. The summed E-state index contributed by atoms with van der Waals surface area (Å²) in [5, 5.41) is 8.88. The van der Waals surface area contributed by atoms with Crippen LogP contribution in [0.1, 0.15) is 21.5 Å². The summed E-state index contributed by atoms with van der Waals surface area (Å²) < 4.78 is 11.2. The van der Waals surface area contributed by atoms with Gasteiger partial charge < -0.3 is 14.6 Å². The van der Waals surface area contributed by atoms with E-state index in [1.165, 1.54) is 0 Å². The molecular weight excluding hydrogens is 268 g/mol. The van der Waals surface area contributed by atoms with Crippen LogP contribution in [-0.4, -0.2) is 17.4 Å². The van der Waals surface area contributed by atoms with Gasteiger partial charge in [0.25, 0.3) is 0 Å². The van der Waals surface area contributed by atoms with Crippen molar-refractivity contribution in [1.82, 2.24) is 0 Å². The van der Waals surface area contributed by atoms with E-state index in [1.807, 2.05) is 30.3 Å². The third-order valence-electron chi connectivity index (χ3n) is 3.25. The van der Waals surface area contributed by atoms with Crippen LogP contribution < -0.4 is 0 Å². The SMILES string of the molecule is O=C(O)c1ccc(C2=COC(Cc3ccccc3)O2)cc1. The zero-order valence-electron chi connectivity index (χ0n) is 11.2. The minimum absolute atomic E-state index is 0.249. The van der Waals surface area contributed by atoms with Gasteiger partial charge in [-0.05, 0) is 17.7 Å². The van der Waals surface area contributed by atoms with Gasteiger partial charge in [0.1, 0.15) is 6.26 Å². The average Bonchev–Trinajstić information content (AvgIpc) is 2.97. The van der Waals surface area contributed by atoms with Gasteiger partial charge in [-0.15, -0.1) is 0 Å². The lowest BCUT2D eigenvalue weighted by Gasteiger charge is -2.12. The maximum absolute atomic E-state index is 10.8. The smallest absolute Gasteiger partial charge is 0.335 e. The first kappa shape index (κ1) is 13.2. The Bertz CT molecular complexity index is 659. The molecule has 0 radical (unpaired) electrons. The standard InChI is InChI=1S/C17H14O4/c18-17(19)14-8-6-13(7-9-14)15-11-20-16(21-15)10-12-4-2-1-3-5-12/h1-9,11,16H,10H2,(H,18,19). The Labute approximate surface area is 122 Å². The fourth-order valence-corrected chi connectivity index (χ4v) is 2.14. The average molecular weight is 282 g/mol. The highest BCUT2D eigenvalue weighted by molar-refractivity contribution is 5.87. The van der Waals surface area contributed by atoms with Crippen LogP contribution in [0.3, 0.4) is 0 Å². The van der Waals surface area contributed by atoms with Gasteiger partial charge >= 0.3 is 5.97 Å². The lowest BCUT2D eigenvalue weighted by atomic mass is 10.1. The largest absolute Gasteiger partial charge is 0.478 e. The van der Waals surface area contributed by atoms with Crippen molar-refractivity contribution in [3.63, 3.8) is 0 Å². The first-order chi connectivity index (χ1) is 10.2. The van der Waals surface area contributed by atoms with Crippen LogP contribution >= 0.6 is 0 Å². The summed E-state index contributed by atoms with van der Waals surface area (Å²) >= 11 is 0. The lowest BCUT2D eigenvalue weighted by Crippen LogP contribution is -2.11. The molecule has 21 heavy (non-hydrogen) atoms. The summed E-state index contributed by atoms with van der Waals surface area (Å²) in [7, 11) is 0. The van der Waals surface area contributed by atoms with E-state index < -0.39 is 5.97 Å². The van der Waals surface area contributed by atoms with Gasteiger partial charge in [-0.25, -0.2) is 4.79 Å². The van der Waals surface area contributed by atoms with Crippen LogP contribution in [0.4, 0.5) is 0 Å². The highest BCUT2D eigenvalue weighted by Crippen LogP contribution is 2.26. The molecule has 106 valence electrons. The predicted molar refractivity (Wildman–Crippen MR) is 77.5 cm³/mol. The summed E-state index contributed by atoms with van der Waals surface area (Å²) in [5.74, 6) is -0.325. The molecule has 1 heterocycles. The van der Waals surface area contributed by atoms with E-state index in [-0.39, 0.29) is 11.9 Å². The highest BCUT2D eigenvalue weighted by atomic mass is 16.7. The Morgan fingerprint density at radius 2 is 1.76 bits per heavy atom. The first-order valence-corrected chi connectivity index (χ1v) is 6.62. The second-order valence-corrected chi connectivity index (χ2v) is 4.74. The van der Waals surface area contributed by atoms with Crippen molar-refractivity contribution >= 4 is 11.7 Å². The number of carbonyl (C=O) groups is 1. The number of aromatic carboxylic acids is 1. The van der Waals surface area contributed by atoms with Gasteiger partial charge in [-0.3, -0.25) is 0 Å². The zero-order valence-corrected chi connectivity index (χ0v) is 11.2. The van der Waals surface area contributed by atoms with Crippen molar-refractivity contribution in [3.05, 3.63) is 77.5 Å². The van der Waals surface area contributed by atoms with E-state index in [1.54, 1.807) is 30.5 Å². The van der Waals surface area contributed by atoms with Crippen molar-refractivity contribution in [1.29, 1.82) is 0 Å². The van der Waals surface area contributed by atoms with Crippen molar-refractivity contribution in [2.24, 2.45) is 0 Å². The number of ether oxygens (including phenoxy) is 2. The van der Waals surface area contributed by atoms with E-state index >= 15 is 0 Å². The molecule has 3 rings (SSSR count). The molecule has 0 saturated heterocycles. The minimum atomic E-state index is -0.943. The molecule has 0 aromatic heterocycles. The summed E-state index contributed by atoms with van der Waals surface area (Å²) in [6, 6.07) is 16.5. The third-order valence-corrected chi connectivity index (χ3v) is 3.25. The minimum Gasteiger partial charge on any atom is -0.478 e. The molecule has 4 heteroatoms. The van der Waals surface area contributed by atoms with Gasteiger partial charge in [-0.1, -0.05) is 42.5 Å². The Balaban J connectivity index is 1.65. The van der Waals surface area contributed by atoms with Crippen LogP contribution in [0.5, 0.6) is 0 Å². The normalized spacial score (nSPS) is 16.8. The Kier molecular flexibility index (Phi) is 3.60. The monoisotopic (exact) mass is 282 g/mol. The fraction of sp³-hybridized carbons (Fsp3) is 0.118. The summed E-state index contributed by atoms with van der Waals surface area (Å²) in [6.07, 6.45) is 1.89. The quantitative estimate of drug-likeness (QED) is 0.934.